The largest absolute Gasteiger partial charge is 0.481 e. The molecule has 5 nitrogen and oxygen atoms in total. The lowest BCUT2D eigenvalue weighted by Gasteiger charge is -2.44. The van der Waals surface area contributed by atoms with Crippen LogP contribution in [0.4, 0.5) is 0 Å². The zero-order chi connectivity index (χ0) is 23.9. The average Bonchev–Trinajstić information content (AvgIpc) is 3.83. The minimum absolute atomic E-state index is 0.533. The van der Waals surface area contributed by atoms with E-state index in [0.29, 0.717) is 37.5 Å². The van der Waals surface area contributed by atoms with Crippen LogP contribution in [-0.2, 0) is 27.1 Å². The maximum Gasteiger partial charge on any atom is 0.314 e. The molecule has 182 valence electrons. The lowest BCUT2D eigenvalue weighted by Crippen LogP contribution is -2.46. The maximum absolute atomic E-state index is 12.6. The number of rotatable bonds is 9. The Bertz CT molecular complexity index is 1170. The van der Waals surface area contributed by atoms with E-state index in [4.69, 9.17) is 9.84 Å². The van der Waals surface area contributed by atoms with Gasteiger partial charge in [-0.25, -0.2) is 0 Å². The predicted molar refractivity (Wildman–Crippen MR) is 135 cm³/mol. The number of hydrogen-bond acceptors (Lipinski definition) is 3. The summed E-state index contributed by atoms with van der Waals surface area (Å²) in [5.74, 6) is 0.607. The van der Waals surface area contributed by atoms with Crippen molar-refractivity contribution in [3.05, 3.63) is 78.0 Å². The lowest BCUT2D eigenvalue weighted by molar-refractivity contribution is -0.151. The lowest BCUT2D eigenvalue weighted by atomic mass is 9.64. The van der Waals surface area contributed by atoms with Gasteiger partial charge in [-0.15, -0.1) is 0 Å². The first-order chi connectivity index (χ1) is 17.1. The molecule has 0 amide bonds. The molecule has 3 aliphatic rings. The maximum atomic E-state index is 12.6. The predicted octanol–water partition coefficient (Wildman–Crippen LogP) is 6.18. The van der Waals surface area contributed by atoms with Crippen LogP contribution in [0.1, 0.15) is 62.6 Å². The van der Waals surface area contributed by atoms with E-state index in [1.807, 2.05) is 36.4 Å². The summed E-state index contributed by atoms with van der Waals surface area (Å²) >= 11 is 0. The summed E-state index contributed by atoms with van der Waals surface area (Å²) in [6.45, 7) is 1.67. The fraction of sp³-hybridized carbons (Fsp3) is 0.467. The van der Waals surface area contributed by atoms with Gasteiger partial charge in [0.2, 0.25) is 0 Å². The summed E-state index contributed by atoms with van der Waals surface area (Å²) in [5, 5.41) is 15.5. The minimum atomic E-state index is -0.869. The second-order valence-corrected chi connectivity index (χ2v) is 10.9. The Morgan fingerprint density at radius 2 is 1.54 bits per heavy atom. The molecule has 0 bridgehead atoms. The highest BCUT2D eigenvalue weighted by Gasteiger charge is 2.51. The fourth-order valence-corrected chi connectivity index (χ4v) is 5.67. The van der Waals surface area contributed by atoms with E-state index in [1.54, 1.807) is 0 Å². The van der Waals surface area contributed by atoms with Crippen LogP contribution in [0.3, 0.4) is 0 Å². The number of ether oxygens (including phenoxy) is 1. The van der Waals surface area contributed by atoms with Crippen molar-refractivity contribution in [3.63, 3.8) is 0 Å². The van der Waals surface area contributed by atoms with Crippen molar-refractivity contribution in [2.24, 2.45) is 11.8 Å². The highest BCUT2D eigenvalue weighted by molar-refractivity contribution is 5.81. The van der Waals surface area contributed by atoms with Crippen LogP contribution in [0.25, 0.3) is 11.3 Å². The highest BCUT2D eigenvalue weighted by Crippen LogP contribution is 2.50. The molecule has 6 rings (SSSR count). The monoisotopic (exact) mass is 470 g/mol. The van der Waals surface area contributed by atoms with Crippen molar-refractivity contribution in [1.29, 1.82) is 0 Å². The van der Waals surface area contributed by atoms with E-state index in [-0.39, 0.29) is 0 Å². The van der Waals surface area contributed by atoms with Crippen LogP contribution in [0.5, 0.6) is 0 Å². The topological polar surface area (TPSA) is 64.3 Å². The van der Waals surface area contributed by atoms with Crippen molar-refractivity contribution in [1.82, 2.24) is 9.78 Å². The first kappa shape index (κ1) is 22.5. The van der Waals surface area contributed by atoms with Gasteiger partial charge in [-0.1, -0.05) is 60.7 Å². The van der Waals surface area contributed by atoms with Crippen LogP contribution in [0.2, 0.25) is 0 Å². The van der Waals surface area contributed by atoms with E-state index in [0.717, 1.165) is 30.1 Å². The van der Waals surface area contributed by atoms with Crippen molar-refractivity contribution in [2.75, 3.05) is 6.61 Å². The molecule has 35 heavy (non-hydrogen) atoms. The summed E-state index contributed by atoms with van der Waals surface area (Å²) in [4.78, 5) is 12.6. The molecule has 0 aliphatic heterocycles. The summed E-state index contributed by atoms with van der Waals surface area (Å²) in [5.41, 5.74) is 2.78. The quantitative estimate of drug-likeness (QED) is 0.406. The summed E-state index contributed by atoms with van der Waals surface area (Å²) < 4.78 is 8.93. The number of aliphatic carboxylic acids is 1. The Kier molecular flexibility index (Phi) is 5.76. The van der Waals surface area contributed by atoms with Gasteiger partial charge in [-0.2, -0.15) is 5.10 Å². The van der Waals surface area contributed by atoms with Gasteiger partial charge in [0.05, 0.1) is 23.4 Å². The molecular weight excluding hydrogens is 436 g/mol. The molecule has 0 radical (unpaired) electrons. The van der Waals surface area contributed by atoms with Crippen LogP contribution >= 0.6 is 0 Å². The zero-order valence-electron chi connectivity index (χ0n) is 20.2. The number of benzene rings is 2. The molecule has 1 aromatic heterocycles. The Morgan fingerprint density at radius 3 is 2.14 bits per heavy atom. The molecule has 0 unspecified atom stereocenters. The molecule has 0 spiro atoms. The molecule has 3 saturated carbocycles. The van der Waals surface area contributed by atoms with E-state index in [2.05, 4.69) is 35.0 Å². The SMILES string of the molecule is O=C(O)[C@]1(c2ccccc2)CC[C@@](OCC2CC2)(c2cc(-c3ccccc3)n(CC3CC3)n2)CC1. The van der Waals surface area contributed by atoms with Gasteiger partial charge in [0.15, 0.2) is 0 Å². The molecule has 3 fully saturated rings. The zero-order valence-corrected chi connectivity index (χ0v) is 20.2. The number of carboxylic acid groups (broad SMARTS) is 1. The second-order valence-electron chi connectivity index (χ2n) is 10.9. The average molecular weight is 471 g/mol. The Morgan fingerprint density at radius 1 is 0.914 bits per heavy atom. The van der Waals surface area contributed by atoms with Crippen LogP contribution in [0, 0.1) is 11.8 Å². The summed E-state index contributed by atoms with van der Waals surface area (Å²) in [6.07, 6.45) is 7.41. The van der Waals surface area contributed by atoms with Gasteiger partial charge in [0, 0.05) is 6.54 Å². The van der Waals surface area contributed by atoms with Crippen LogP contribution in [-0.4, -0.2) is 27.5 Å². The van der Waals surface area contributed by atoms with Crippen molar-refractivity contribution in [3.8, 4) is 11.3 Å². The normalized spacial score (nSPS) is 26.5. The van der Waals surface area contributed by atoms with E-state index in [9.17, 15) is 9.90 Å². The number of hydrogen-bond donors (Lipinski definition) is 1. The molecule has 2 aromatic carbocycles. The first-order valence-electron chi connectivity index (χ1n) is 13.1. The van der Waals surface area contributed by atoms with Gasteiger partial charge in [0.25, 0.3) is 0 Å². The van der Waals surface area contributed by atoms with E-state index in [1.165, 1.54) is 31.2 Å². The van der Waals surface area contributed by atoms with Gasteiger partial charge >= 0.3 is 5.97 Å². The highest BCUT2D eigenvalue weighted by atomic mass is 16.5. The summed E-state index contributed by atoms with van der Waals surface area (Å²) in [6, 6.07) is 22.5. The third-order valence-corrected chi connectivity index (χ3v) is 8.38. The molecule has 0 saturated heterocycles. The van der Waals surface area contributed by atoms with Gasteiger partial charge < -0.3 is 9.84 Å². The van der Waals surface area contributed by atoms with Gasteiger partial charge in [-0.05, 0) is 80.4 Å². The van der Waals surface area contributed by atoms with Crippen molar-refractivity contribution in [2.45, 2.75) is 68.9 Å². The van der Waals surface area contributed by atoms with E-state index < -0.39 is 17.0 Å². The summed E-state index contributed by atoms with van der Waals surface area (Å²) in [7, 11) is 0. The molecule has 0 atom stereocenters. The molecular formula is C30H34N2O3. The van der Waals surface area contributed by atoms with E-state index >= 15 is 0 Å². The fourth-order valence-electron chi connectivity index (χ4n) is 5.67. The minimum Gasteiger partial charge on any atom is -0.481 e. The second kappa shape index (κ2) is 8.94. The molecule has 5 heteroatoms. The van der Waals surface area contributed by atoms with Crippen LogP contribution < -0.4 is 0 Å². The van der Waals surface area contributed by atoms with Crippen molar-refractivity contribution >= 4 is 5.97 Å². The number of nitrogens with zero attached hydrogens (tertiary/aromatic N) is 2. The Labute approximate surface area is 207 Å². The van der Waals surface area contributed by atoms with Gasteiger partial charge in [-0.3, -0.25) is 9.48 Å². The number of carbonyl (C=O) groups is 1. The van der Waals surface area contributed by atoms with Crippen LogP contribution in [0.15, 0.2) is 66.7 Å². The Balaban J connectivity index is 1.36. The third kappa shape index (κ3) is 4.42. The Hall–Kier alpha value is -2.92. The van der Waals surface area contributed by atoms with Gasteiger partial charge in [0.1, 0.15) is 5.60 Å². The number of carboxylic acids is 1. The third-order valence-electron chi connectivity index (χ3n) is 8.38. The molecule has 1 N–H and O–H groups in total. The molecule has 1 heterocycles. The van der Waals surface area contributed by atoms with Crippen molar-refractivity contribution < 1.29 is 14.6 Å². The smallest absolute Gasteiger partial charge is 0.314 e. The number of aromatic nitrogens is 2. The molecule has 3 aromatic rings. The standard InChI is InChI=1S/C30H34N2O3/c33-28(34)29(25-9-5-2-6-10-25)15-17-30(18-16-29,35-21-23-13-14-23)27-19-26(24-7-3-1-4-8-24)32(31-27)20-22-11-12-22/h1-10,19,22-23H,11-18,20-21H2,(H,33,34)/t29-,30+. The molecule has 3 aliphatic carbocycles. The first-order valence-corrected chi connectivity index (χ1v) is 13.1.